The fourth-order valence-electron chi connectivity index (χ4n) is 0. The molecule has 4 heteroatoms. The van der Waals surface area contributed by atoms with Crippen LogP contribution < -0.4 is 37.7 Å². The van der Waals surface area contributed by atoms with Gasteiger partial charge in [-0.1, -0.05) is 8.41 Å². The Labute approximate surface area is 58.0 Å². The first-order chi connectivity index (χ1) is 1.00. The molecular weight excluding hydrogens is 50.7 g/mol. The molecule has 0 aromatic heterocycles. The monoisotopic (exact) mass is 55.1 g/mol. The quantitative estimate of drug-likeness (QED) is 0.199. The summed E-state index contributed by atoms with van der Waals surface area (Å²) >= 11 is 0. The molecule has 0 aliphatic rings. The van der Waals surface area contributed by atoms with Crippen LogP contribution in [-0.4, -0.2) is 8.41 Å². The van der Waals surface area contributed by atoms with Crippen molar-refractivity contribution in [1.29, 1.82) is 5.26 Å². The summed E-state index contributed by atoms with van der Waals surface area (Å²) in [5.74, 6) is 0. The zero-order valence-electron chi connectivity index (χ0n) is 2.95. The van der Waals surface area contributed by atoms with Gasteiger partial charge < -0.3 is 11.8 Å². The molecule has 0 bridgehead atoms. The molecule has 0 saturated carbocycles. The second-order valence-corrected chi connectivity index (χ2v) is 0. The number of hydrogen-bond acceptors (Lipinski definition) is 1. The van der Waals surface area contributed by atoms with Crippen LogP contribution in [0.5, 0.6) is 0 Å². The second-order valence-electron chi connectivity index (χ2n) is 0. The fourth-order valence-corrected chi connectivity index (χ4v) is 0. The van der Waals surface area contributed by atoms with Crippen molar-refractivity contribution in [2.75, 3.05) is 0 Å². The third kappa shape index (κ3) is 63.9. The van der Waals surface area contributed by atoms with E-state index in [1.54, 1.807) is 0 Å². The minimum atomic E-state index is 0. The summed E-state index contributed by atoms with van der Waals surface area (Å²) in [4.78, 5) is 0. The molecule has 0 saturated heterocycles. The van der Waals surface area contributed by atoms with Gasteiger partial charge in [0.2, 0.25) is 0 Å². The Morgan fingerprint density at radius 2 is 1.00 bits per heavy atom. The summed E-state index contributed by atoms with van der Waals surface area (Å²) in [6.45, 7) is 4.75. The zero-order chi connectivity index (χ0) is 2.00. The molecule has 0 aromatic rings. The van der Waals surface area contributed by atoms with E-state index in [1.807, 2.05) is 0 Å². The summed E-state index contributed by atoms with van der Waals surface area (Å²) in [5.41, 5.74) is 0. The molecule has 0 heterocycles. The molecule has 1 nitrogen and oxygen atoms in total. The average molecular weight is 54.7 g/mol. The van der Waals surface area contributed by atoms with E-state index in [9.17, 15) is 0 Å². The number of nitrogens with zero attached hydrogens (tertiary/aromatic N) is 1. The SMILES string of the molecule is [BH4-].[C-]#N.[Li+].[Li+]. The molecular formula is CH4BLi2N. The molecule has 0 aliphatic heterocycles. The van der Waals surface area contributed by atoms with Crippen LogP contribution in [-0.2, 0) is 0 Å². The summed E-state index contributed by atoms with van der Waals surface area (Å²) in [5, 5.41) is 6.25. The third-order valence-electron chi connectivity index (χ3n) is 0. The van der Waals surface area contributed by atoms with Gasteiger partial charge in [0.25, 0.3) is 0 Å². The average Bonchev–Trinajstić information content (AvgIpc) is 1.00. The van der Waals surface area contributed by atoms with Crippen molar-refractivity contribution >= 4 is 8.41 Å². The molecule has 0 unspecified atom stereocenters. The number of rotatable bonds is 0. The van der Waals surface area contributed by atoms with Crippen molar-refractivity contribution in [2.24, 2.45) is 0 Å². The molecule has 5 heavy (non-hydrogen) atoms. The molecule has 0 aliphatic carbocycles. The Balaban J connectivity index is -0.00000000167. The van der Waals surface area contributed by atoms with Gasteiger partial charge in [0, 0.05) is 0 Å². The zero-order valence-corrected chi connectivity index (χ0v) is 2.95. The van der Waals surface area contributed by atoms with E-state index < -0.39 is 0 Å². The minimum absolute atomic E-state index is 0. The standard InChI is InChI=1S/CN.BH4.2Li/c1-2;;;/h;1H4;;/q2*-1;2*+1. The van der Waals surface area contributed by atoms with Crippen LogP contribution in [0.2, 0.25) is 0 Å². The molecule has 0 fully saturated rings. The van der Waals surface area contributed by atoms with E-state index in [2.05, 4.69) is 0 Å². The van der Waals surface area contributed by atoms with Crippen LogP contribution in [0.25, 0.3) is 0 Å². The molecule has 18 valence electrons. The molecule has 0 aromatic carbocycles. The van der Waals surface area contributed by atoms with Gasteiger partial charge in [0.15, 0.2) is 0 Å². The van der Waals surface area contributed by atoms with Crippen molar-refractivity contribution in [3.05, 3.63) is 6.57 Å². The second kappa shape index (κ2) is 119. The Morgan fingerprint density at radius 3 is 1.00 bits per heavy atom. The Bertz CT molecular complexity index is 14.4. The Hall–Kier alpha value is 0.750. The van der Waals surface area contributed by atoms with Crippen molar-refractivity contribution in [3.8, 4) is 0 Å². The first-order valence-corrected chi connectivity index (χ1v) is 0.224. The summed E-state index contributed by atoms with van der Waals surface area (Å²) in [6.07, 6.45) is 0. The minimum Gasteiger partial charge on any atom is -0.512 e. The first-order valence-electron chi connectivity index (χ1n) is 0.224. The van der Waals surface area contributed by atoms with E-state index in [4.69, 9.17) is 11.8 Å². The Kier molecular flexibility index (Phi) is 1010. The normalized spacial score (nSPS) is 0.400. The summed E-state index contributed by atoms with van der Waals surface area (Å²) in [7, 11) is 0. The van der Waals surface area contributed by atoms with Crippen molar-refractivity contribution in [2.45, 2.75) is 0 Å². The molecule has 0 atom stereocenters. The smallest absolute Gasteiger partial charge is 0.512 e. The van der Waals surface area contributed by atoms with Crippen LogP contribution in [0.15, 0.2) is 0 Å². The van der Waals surface area contributed by atoms with Crippen LogP contribution in [0.1, 0.15) is 0 Å². The van der Waals surface area contributed by atoms with Gasteiger partial charge in [0.1, 0.15) is 0 Å². The van der Waals surface area contributed by atoms with Gasteiger partial charge in [-0.15, -0.1) is 0 Å². The predicted molar refractivity (Wildman–Crippen MR) is 16.3 cm³/mol. The van der Waals surface area contributed by atoms with Gasteiger partial charge in [-0.05, 0) is 0 Å². The molecule has 0 radical (unpaired) electrons. The topological polar surface area (TPSA) is 23.8 Å². The van der Waals surface area contributed by atoms with E-state index in [0.29, 0.717) is 0 Å². The molecule has 0 amide bonds. The van der Waals surface area contributed by atoms with Gasteiger partial charge in [0.05, 0.1) is 0 Å². The van der Waals surface area contributed by atoms with E-state index >= 15 is 0 Å². The Morgan fingerprint density at radius 1 is 1.00 bits per heavy atom. The largest absolute Gasteiger partial charge is 1.00 e. The van der Waals surface area contributed by atoms with Gasteiger partial charge in [-0.2, -0.15) is 0 Å². The van der Waals surface area contributed by atoms with Gasteiger partial charge in [-0.25, -0.2) is 0 Å². The maximum absolute atomic E-state index is 6.25. The van der Waals surface area contributed by atoms with Gasteiger partial charge >= 0.3 is 37.7 Å². The van der Waals surface area contributed by atoms with E-state index in [1.165, 1.54) is 0 Å². The molecule has 0 rings (SSSR count). The van der Waals surface area contributed by atoms with Crippen LogP contribution >= 0.6 is 0 Å². The van der Waals surface area contributed by atoms with Crippen molar-refractivity contribution in [3.63, 3.8) is 0 Å². The first kappa shape index (κ1) is 42.4. The summed E-state index contributed by atoms with van der Waals surface area (Å²) in [6, 6.07) is 0. The van der Waals surface area contributed by atoms with Crippen LogP contribution in [0, 0.1) is 11.8 Å². The third-order valence-corrected chi connectivity index (χ3v) is 0. The van der Waals surface area contributed by atoms with E-state index in [-0.39, 0.29) is 46.1 Å². The maximum atomic E-state index is 6.25. The molecule has 0 spiro atoms. The molecule has 0 N–H and O–H groups in total. The summed E-state index contributed by atoms with van der Waals surface area (Å²) < 4.78 is 0. The predicted octanol–water partition coefficient (Wildman–Crippen LogP) is -7.35. The fraction of sp³-hybridized carbons (Fsp3) is 0. The number of hydrogen-bond donors (Lipinski definition) is 0. The van der Waals surface area contributed by atoms with Crippen LogP contribution in [0.3, 0.4) is 0 Å². The van der Waals surface area contributed by atoms with E-state index in [0.717, 1.165) is 0 Å². The van der Waals surface area contributed by atoms with Crippen LogP contribution in [0.4, 0.5) is 0 Å². The van der Waals surface area contributed by atoms with Crippen molar-refractivity contribution in [1.82, 2.24) is 0 Å². The van der Waals surface area contributed by atoms with Gasteiger partial charge in [-0.3, -0.25) is 0 Å². The maximum Gasteiger partial charge on any atom is 1.00 e. The van der Waals surface area contributed by atoms with Crippen molar-refractivity contribution < 1.29 is 37.7 Å².